The van der Waals surface area contributed by atoms with Crippen molar-refractivity contribution in [3.8, 4) is 0 Å². The summed E-state index contributed by atoms with van der Waals surface area (Å²) in [6.45, 7) is 12.8. The van der Waals surface area contributed by atoms with Crippen molar-refractivity contribution in [3.63, 3.8) is 0 Å². The van der Waals surface area contributed by atoms with Gasteiger partial charge in [0.05, 0.1) is 24.4 Å². The van der Waals surface area contributed by atoms with Crippen LogP contribution in [0.25, 0.3) is 0 Å². The zero-order valence-electron chi connectivity index (χ0n) is 11.4. The molecule has 1 fully saturated rings. The maximum absolute atomic E-state index is 10.1. The summed E-state index contributed by atoms with van der Waals surface area (Å²) in [5.41, 5.74) is 6.17. The van der Waals surface area contributed by atoms with Crippen LogP contribution in [-0.4, -0.2) is 29.5 Å². The van der Waals surface area contributed by atoms with E-state index in [0.29, 0.717) is 0 Å². The topological polar surface area (TPSA) is 55.5 Å². The van der Waals surface area contributed by atoms with Crippen molar-refractivity contribution < 1.29 is 9.84 Å². The molecule has 3 nitrogen and oxygen atoms in total. The summed E-state index contributed by atoms with van der Waals surface area (Å²) in [4.78, 5) is 0. The van der Waals surface area contributed by atoms with E-state index >= 15 is 0 Å². The molecule has 1 heterocycles. The van der Waals surface area contributed by atoms with E-state index in [4.69, 9.17) is 10.5 Å². The molecule has 0 spiro atoms. The first-order chi connectivity index (χ1) is 7.02. The molecule has 4 unspecified atom stereocenters. The minimum absolute atomic E-state index is 0.0208. The fraction of sp³-hybridized carbons (Fsp3) is 1.00. The predicted octanol–water partition coefficient (Wildman–Crippen LogP) is 1.92. The summed E-state index contributed by atoms with van der Waals surface area (Å²) in [6.07, 6.45) is 0.117. The number of ether oxygens (including phenoxy) is 1. The standard InChI is InChI=1S/C13H27NO2/c1-12(2,3)7-8-10(15)9(14)11(16-8)13(4,5)6/h8-11,15H,7,14H2,1-6H3. The highest BCUT2D eigenvalue weighted by Gasteiger charge is 2.47. The molecule has 0 saturated carbocycles. The average Bonchev–Trinajstić information content (AvgIpc) is 2.28. The molecule has 0 aromatic heterocycles. The van der Waals surface area contributed by atoms with Gasteiger partial charge in [0.1, 0.15) is 0 Å². The second kappa shape index (κ2) is 4.28. The summed E-state index contributed by atoms with van der Waals surface area (Å²) in [7, 11) is 0. The minimum Gasteiger partial charge on any atom is -0.389 e. The summed E-state index contributed by atoms with van der Waals surface area (Å²) < 4.78 is 5.95. The van der Waals surface area contributed by atoms with Crippen LogP contribution >= 0.6 is 0 Å². The molecule has 0 aliphatic carbocycles. The van der Waals surface area contributed by atoms with Crippen molar-refractivity contribution in [2.45, 2.75) is 72.3 Å². The van der Waals surface area contributed by atoms with Gasteiger partial charge < -0.3 is 15.6 Å². The van der Waals surface area contributed by atoms with Crippen molar-refractivity contribution >= 4 is 0 Å². The third kappa shape index (κ3) is 3.19. The Hall–Kier alpha value is -0.120. The van der Waals surface area contributed by atoms with Crippen LogP contribution in [0.15, 0.2) is 0 Å². The van der Waals surface area contributed by atoms with Gasteiger partial charge in [-0.05, 0) is 17.3 Å². The fourth-order valence-corrected chi connectivity index (χ4v) is 2.34. The normalized spacial score (nSPS) is 36.8. The van der Waals surface area contributed by atoms with E-state index in [2.05, 4.69) is 41.5 Å². The Morgan fingerprint density at radius 3 is 1.94 bits per heavy atom. The summed E-state index contributed by atoms with van der Waals surface area (Å²) in [5.74, 6) is 0. The molecule has 4 atom stereocenters. The number of nitrogens with two attached hydrogens (primary N) is 1. The van der Waals surface area contributed by atoms with Gasteiger partial charge in [0.15, 0.2) is 0 Å². The average molecular weight is 229 g/mol. The zero-order valence-corrected chi connectivity index (χ0v) is 11.4. The van der Waals surface area contributed by atoms with Crippen LogP contribution in [0.3, 0.4) is 0 Å². The Balaban J connectivity index is 2.72. The Bertz CT molecular complexity index is 239. The molecule has 0 aromatic carbocycles. The first-order valence-electron chi connectivity index (χ1n) is 6.11. The van der Waals surface area contributed by atoms with Crippen LogP contribution in [0, 0.1) is 10.8 Å². The summed E-state index contributed by atoms with van der Waals surface area (Å²) >= 11 is 0. The lowest BCUT2D eigenvalue weighted by atomic mass is 9.83. The molecular formula is C13H27NO2. The second-order valence-electron chi connectivity index (χ2n) is 7.29. The van der Waals surface area contributed by atoms with Crippen molar-refractivity contribution in [3.05, 3.63) is 0 Å². The minimum atomic E-state index is -0.538. The summed E-state index contributed by atoms with van der Waals surface area (Å²) in [5, 5.41) is 10.1. The first-order valence-corrected chi connectivity index (χ1v) is 6.11. The molecule has 96 valence electrons. The van der Waals surface area contributed by atoms with Crippen LogP contribution < -0.4 is 5.73 Å². The van der Waals surface area contributed by atoms with E-state index in [9.17, 15) is 5.11 Å². The molecule has 3 N–H and O–H groups in total. The maximum atomic E-state index is 10.1. The molecule has 0 bridgehead atoms. The molecular weight excluding hydrogens is 202 g/mol. The number of hydrogen-bond acceptors (Lipinski definition) is 3. The van der Waals surface area contributed by atoms with Gasteiger partial charge in [0.25, 0.3) is 0 Å². The van der Waals surface area contributed by atoms with Crippen LogP contribution in [0.4, 0.5) is 0 Å². The number of hydrogen-bond donors (Lipinski definition) is 2. The van der Waals surface area contributed by atoms with Crippen molar-refractivity contribution in [1.29, 1.82) is 0 Å². The highest BCUT2D eigenvalue weighted by Crippen LogP contribution is 2.37. The van der Waals surface area contributed by atoms with E-state index in [1.165, 1.54) is 0 Å². The Morgan fingerprint density at radius 2 is 1.62 bits per heavy atom. The lowest BCUT2D eigenvalue weighted by molar-refractivity contribution is -0.0470. The second-order valence-corrected chi connectivity index (χ2v) is 7.29. The molecule has 1 saturated heterocycles. The van der Waals surface area contributed by atoms with Crippen molar-refractivity contribution in [2.75, 3.05) is 0 Å². The van der Waals surface area contributed by atoms with E-state index in [-0.39, 0.29) is 29.1 Å². The van der Waals surface area contributed by atoms with E-state index in [0.717, 1.165) is 6.42 Å². The number of aliphatic hydroxyl groups is 1. The van der Waals surface area contributed by atoms with Crippen LogP contribution in [-0.2, 0) is 4.74 Å². The smallest absolute Gasteiger partial charge is 0.0978 e. The molecule has 0 radical (unpaired) electrons. The quantitative estimate of drug-likeness (QED) is 0.722. The molecule has 0 amide bonds. The SMILES string of the molecule is CC(C)(C)CC1OC(C(C)(C)C)C(N)C1O. The van der Waals surface area contributed by atoms with E-state index in [1.807, 2.05) is 0 Å². The summed E-state index contributed by atoms with van der Waals surface area (Å²) in [6, 6.07) is -0.271. The Morgan fingerprint density at radius 1 is 1.12 bits per heavy atom. The van der Waals surface area contributed by atoms with Crippen LogP contribution in [0.1, 0.15) is 48.0 Å². The maximum Gasteiger partial charge on any atom is 0.0978 e. The van der Waals surface area contributed by atoms with Gasteiger partial charge in [-0.3, -0.25) is 0 Å². The largest absolute Gasteiger partial charge is 0.389 e. The van der Waals surface area contributed by atoms with Gasteiger partial charge >= 0.3 is 0 Å². The van der Waals surface area contributed by atoms with Crippen LogP contribution in [0.2, 0.25) is 0 Å². The Labute approximate surface area is 99.4 Å². The van der Waals surface area contributed by atoms with Gasteiger partial charge in [-0.2, -0.15) is 0 Å². The van der Waals surface area contributed by atoms with Gasteiger partial charge in [0.2, 0.25) is 0 Å². The zero-order chi connectivity index (χ0) is 12.7. The predicted molar refractivity (Wildman–Crippen MR) is 66.2 cm³/mol. The highest BCUT2D eigenvalue weighted by molar-refractivity contribution is 4.99. The van der Waals surface area contributed by atoms with Gasteiger partial charge in [-0.1, -0.05) is 41.5 Å². The van der Waals surface area contributed by atoms with E-state index < -0.39 is 6.10 Å². The van der Waals surface area contributed by atoms with Crippen LogP contribution in [0.5, 0.6) is 0 Å². The molecule has 1 rings (SSSR count). The van der Waals surface area contributed by atoms with Gasteiger partial charge in [-0.25, -0.2) is 0 Å². The number of rotatable bonds is 1. The van der Waals surface area contributed by atoms with Gasteiger partial charge in [-0.15, -0.1) is 0 Å². The first kappa shape index (κ1) is 13.9. The number of aliphatic hydroxyl groups excluding tert-OH is 1. The third-order valence-electron chi connectivity index (χ3n) is 3.11. The molecule has 1 aliphatic rings. The Kier molecular flexibility index (Phi) is 3.73. The lowest BCUT2D eigenvalue weighted by Gasteiger charge is -2.30. The molecule has 16 heavy (non-hydrogen) atoms. The molecule has 3 heteroatoms. The molecule has 0 aromatic rings. The van der Waals surface area contributed by atoms with Gasteiger partial charge in [0, 0.05) is 0 Å². The monoisotopic (exact) mass is 229 g/mol. The highest BCUT2D eigenvalue weighted by atomic mass is 16.5. The fourth-order valence-electron chi connectivity index (χ4n) is 2.34. The third-order valence-corrected chi connectivity index (χ3v) is 3.11. The lowest BCUT2D eigenvalue weighted by Crippen LogP contribution is -2.45. The van der Waals surface area contributed by atoms with Crippen molar-refractivity contribution in [1.82, 2.24) is 0 Å². The van der Waals surface area contributed by atoms with E-state index in [1.54, 1.807) is 0 Å². The van der Waals surface area contributed by atoms with Crippen molar-refractivity contribution in [2.24, 2.45) is 16.6 Å². The molecule has 1 aliphatic heterocycles.